The van der Waals surface area contributed by atoms with Crippen LogP contribution in [-0.2, 0) is 25.4 Å². The van der Waals surface area contributed by atoms with Crippen LogP contribution in [0.1, 0.15) is 79.2 Å². The normalized spacial score (nSPS) is 17.3. The predicted molar refractivity (Wildman–Crippen MR) is 243 cm³/mol. The highest BCUT2D eigenvalue weighted by Crippen LogP contribution is 2.32. The van der Waals surface area contributed by atoms with Gasteiger partial charge in [0.1, 0.15) is 22.8 Å². The standard InChI is InChI=1S/C45H55N11O6S/c1-29-27-48-44(52-40(29)49-31-10-8-11-33(26-31)63(62)53-45(2,3)4)50-30-14-16-32(17-15-30)55-24-22-54(23-25-55)28-38(58)47-21-7-5-6-20-46-35-13-9-12-34-39(35)43(61)56(42(34)60)36-18-19-37(57)51-41(36)59/h8-17,26-27,36,46,53H,5-7,18-25,28H2,1-4H3,(H,47,58)(H,51,57,59)(H2,48,49,50,52). The fraction of sp³-hybridized carbons (Fsp3) is 0.400. The molecule has 1 aromatic heterocycles. The molecule has 4 aromatic rings. The number of unbranched alkanes of at least 4 members (excludes halogenated alkanes) is 2. The summed E-state index contributed by atoms with van der Waals surface area (Å²) in [6.45, 7) is 12.4. The number of aryl methyl sites for hydroxylation is 1. The van der Waals surface area contributed by atoms with Gasteiger partial charge in [-0.2, -0.15) is 4.98 Å². The van der Waals surface area contributed by atoms with Crippen LogP contribution in [0.3, 0.4) is 0 Å². The molecule has 3 aromatic carbocycles. The maximum absolute atomic E-state index is 13.3. The Kier molecular flexibility index (Phi) is 14.1. The first-order chi connectivity index (χ1) is 30.2. The van der Waals surface area contributed by atoms with E-state index >= 15 is 0 Å². The Morgan fingerprint density at radius 1 is 0.873 bits per heavy atom. The van der Waals surface area contributed by atoms with Crippen molar-refractivity contribution in [3.05, 3.63) is 89.6 Å². The smallest absolute Gasteiger partial charge is 0.264 e. The third-order valence-electron chi connectivity index (χ3n) is 10.9. The maximum Gasteiger partial charge on any atom is 0.264 e. The molecular formula is C45H55N11O6S. The van der Waals surface area contributed by atoms with E-state index in [9.17, 15) is 28.2 Å². The number of nitrogens with one attached hydrogen (secondary N) is 6. The van der Waals surface area contributed by atoms with Gasteiger partial charge in [0.2, 0.25) is 23.7 Å². The highest BCUT2D eigenvalue weighted by atomic mass is 32.2. The molecule has 0 spiro atoms. The molecule has 0 saturated carbocycles. The fourth-order valence-corrected chi connectivity index (χ4v) is 8.75. The molecule has 2 saturated heterocycles. The molecule has 2 atom stereocenters. The third-order valence-corrected chi connectivity index (χ3v) is 12.3. The van der Waals surface area contributed by atoms with Crippen LogP contribution in [0.25, 0.3) is 0 Å². The van der Waals surface area contributed by atoms with E-state index in [4.69, 9.17) is 4.98 Å². The number of imide groups is 2. The minimum atomic E-state index is -1.36. The van der Waals surface area contributed by atoms with E-state index in [1.54, 1.807) is 24.4 Å². The molecule has 0 aliphatic carbocycles. The van der Waals surface area contributed by atoms with E-state index in [2.05, 4.69) is 58.2 Å². The Morgan fingerprint density at radius 2 is 1.62 bits per heavy atom. The highest BCUT2D eigenvalue weighted by Gasteiger charge is 2.45. The lowest BCUT2D eigenvalue weighted by Crippen LogP contribution is -2.54. The largest absolute Gasteiger partial charge is 0.384 e. The van der Waals surface area contributed by atoms with Gasteiger partial charge in [-0.05, 0) is 108 Å². The van der Waals surface area contributed by atoms with Gasteiger partial charge in [-0.3, -0.25) is 39.1 Å². The van der Waals surface area contributed by atoms with Crippen LogP contribution in [0.4, 0.5) is 34.5 Å². The zero-order valence-electron chi connectivity index (χ0n) is 36.1. The summed E-state index contributed by atoms with van der Waals surface area (Å²) in [4.78, 5) is 78.4. The van der Waals surface area contributed by atoms with Crippen molar-refractivity contribution in [2.45, 2.75) is 76.3 Å². The van der Waals surface area contributed by atoms with Gasteiger partial charge in [0.15, 0.2) is 0 Å². The summed E-state index contributed by atoms with van der Waals surface area (Å²) in [5.74, 6) is -1.04. The summed E-state index contributed by atoms with van der Waals surface area (Å²) >= 11 is 0. The van der Waals surface area contributed by atoms with Crippen molar-refractivity contribution in [1.82, 2.24) is 35.1 Å². The number of benzene rings is 3. The van der Waals surface area contributed by atoms with Gasteiger partial charge in [-0.25, -0.2) is 13.9 Å². The predicted octanol–water partition coefficient (Wildman–Crippen LogP) is 4.60. The second kappa shape index (κ2) is 19.9. The number of hydrogen-bond acceptors (Lipinski definition) is 13. The van der Waals surface area contributed by atoms with Crippen molar-refractivity contribution in [3.63, 3.8) is 0 Å². The molecule has 6 N–H and O–H groups in total. The Bertz CT molecular complexity index is 2380. The van der Waals surface area contributed by atoms with Crippen LogP contribution >= 0.6 is 0 Å². The Hall–Kier alpha value is -6.24. The number of amides is 5. The van der Waals surface area contributed by atoms with Crippen LogP contribution < -0.4 is 36.2 Å². The molecular weight excluding hydrogens is 823 g/mol. The summed E-state index contributed by atoms with van der Waals surface area (Å²) in [5, 5.41) is 15.2. The molecule has 0 bridgehead atoms. The average Bonchev–Trinajstić information content (AvgIpc) is 3.50. The Morgan fingerprint density at radius 3 is 2.37 bits per heavy atom. The number of anilines is 6. The van der Waals surface area contributed by atoms with E-state index < -0.39 is 40.7 Å². The average molecular weight is 878 g/mol. The van der Waals surface area contributed by atoms with Crippen LogP contribution in [0.2, 0.25) is 0 Å². The van der Waals surface area contributed by atoms with E-state index in [1.807, 2.05) is 64.1 Å². The minimum absolute atomic E-state index is 0.00405. The molecule has 63 heavy (non-hydrogen) atoms. The number of rotatable bonds is 17. The summed E-state index contributed by atoms with van der Waals surface area (Å²) in [7, 11) is -1.36. The second-order valence-corrected chi connectivity index (χ2v) is 18.2. The zero-order valence-corrected chi connectivity index (χ0v) is 36.9. The molecule has 2 unspecified atom stereocenters. The molecule has 18 heteroatoms. The summed E-state index contributed by atoms with van der Waals surface area (Å²) in [6, 6.07) is 19.6. The van der Waals surface area contributed by atoms with Gasteiger partial charge in [0.05, 0.1) is 22.6 Å². The van der Waals surface area contributed by atoms with E-state index in [0.29, 0.717) is 42.0 Å². The topological polar surface area (TPSA) is 210 Å². The van der Waals surface area contributed by atoms with Gasteiger partial charge in [-0.1, -0.05) is 12.1 Å². The van der Waals surface area contributed by atoms with Crippen LogP contribution in [0.15, 0.2) is 77.8 Å². The molecule has 17 nitrogen and oxygen atoms in total. The lowest BCUT2D eigenvalue weighted by Gasteiger charge is -2.35. The third kappa shape index (κ3) is 11.4. The molecule has 7 rings (SSSR count). The number of piperazine rings is 1. The van der Waals surface area contributed by atoms with Crippen LogP contribution in [0.5, 0.6) is 0 Å². The van der Waals surface area contributed by atoms with E-state index in [1.165, 1.54) is 0 Å². The van der Waals surface area contributed by atoms with Crippen molar-refractivity contribution < 1.29 is 28.2 Å². The van der Waals surface area contributed by atoms with Gasteiger partial charge in [-0.15, -0.1) is 0 Å². The molecule has 3 aliphatic rings. The zero-order chi connectivity index (χ0) is 44.7. The van der Waals surface area contributed by atoms with Crippen LogP contribution in [-0.4, -0.2) is 111 Å². The molecule has 3 aliphatic heterocycles. The first kappa shape index (κ1) is 44.8. The van der Waals surface area contributed by atoms with E-state index in [-0.39, 0.29) is 35.4 Å². The fourth-order valence-electron chi connectivity index (χ4n) is 7.64. The molecule has 0 radical (unpaired) electrons. The quantitative estimate of drug-likeness (QED) is 0.0634. The van der Waals surface area contributed by atoms with Crippen molar-refractivity contribution in [3.8, 4) is 0 Å². The Balaban J connectivity index is 0.791. The molecule has 4 heterocycles. The molecule has 2 fully saturated rings. The van der Waals surface area contributed by atoms with Crippen molar-refractivity contribution >= 4 is 75.0 Å². The first-order valence-electron chi connectivity index (χ1n) is 21.3. The number of aromatic nitrogens is 2. The van der Waals surface area contributed by atoms with Crippen molar-refractivity contribution in [1.29, 1.82) is 0 Å². The number of piperidine rings is 1. The molecule has 5 amide bonds. The minimum Gasteiger partial charge on any atom is -0.384 e. The number of hydrogen-bond donors (Lipinski definition) is 6. The number of nitrogens with zero attached hydrogens (tertiary/aromatic N) is 5. The van der Waals surface area contributed by atoms with Gasteiger partial charge < -0.3 is 26.2 Å². The highest BCUT2D eigenvalue weighted by molar-refractivity contribution is 7.83. The summed E-state index contributed by atoms with van der Waals surface area (Å²) in [6.07, 6.45) is 4.35. The van der Waals surface area contributed by atoms with Gasteiger partial charge in [0, 0.05) is 85.7 Å². The number of fused-ring (bicyclic) bond motifs is 1. The monoisotopic (exact) mass is 877 g/mol. The number of carbonyl (C=O) groups is 5. The van der Waals surface area contributed by atoms with Crippen molar-refractivity contribution in [2.24, 2.45) is 0 Å². The van der Waals surface area contributed by atoms with Gasteiger partial charge in [0.25, 0.3) is 11.8 Å². The SMILES string of the molecule is Cc1cnc(Nc2ccc(N3CCN(CC(=O)NCCCCCNc4cccc5c4C(=O)N(C4CCC(=O)NC4=O)C5=O)CC3)cc2)nc1Nc1cccc(S(=O)NC(C)(C)C)c1. The lowest BCUT2D eigenvalue weighted by molar-refractivity contribution is -0.136. The second-order valence-electron chi connectivity index (χ2n) is 16.9. The molecule has 332 valence electrons. The first-order valence-corrected chi connectivity index (χ1v) is 22.5. The van der Waals surface area contributed by atoms with Crippen LogP contribution in [0, 0.1) is 6.92 Å². The maximum atomic E-state index is 13.3. The number of carbonyl (C=O) groups excluding carboxylic acids is 5. The summed E-state index contributed by atoms with van der Waals surface area (Å²) < 4.78 is 15.9. The lowest BCUT2D eigenvalue weighted by atomic mass is 10.0. The summed E-state index contributed by atoms with van der Waals surface area (Å²) in [5.41, 5.74) is 4.30. The van der Waals surface area contributed by atoms with Crippen molar-refractivity contribution in [2.75, 3.05) is 66.7 Å². The Labute approximate surface area is 369 Å². The van der Waals surface area contributed by atoms with Gasteiger partial charge >= 0.3 is 0 Å². The van der Waals surface area contributed by atoms with E-state index in [0.717, 1.165) is 73.0 Å².